The second-order valence-electron chi connectivity index (χ2n) is 4.81. The third kappa shape index (κ3) is 3.91. The van der Waals surface area contributed by atoms with Crippen LogP contribution < -0.4 is 14.8 Å². The van der Waals surface area contributed by atoms with Gasteiger partial charge in [0.2, 0.25) is 0 Å². The fourth-order valence-electron chi connectivity index (χ4n) is 2.47. The van der Waals surface area contributed by atoms with Crippen molar-refractivity contribution in [1.29, 1.82) is 0 Å². The minimum atomic E-state index is 0.0763. The van der Waals surface area contributed by atoms with Crippen LogP contribution in [0.3, 0.4) is 0 Å². The first-order chi connectivity index (χ1) is 10.3. The largest absolute Gasteiger partial charge is 0.496 e. The fourth-order valence-corrected chi connectivity index (χ4v) is 2.47. The predicted molar refractivity (Wildman–Crippen MR) is 83.8 cm³/mol. The molecule has 1 aromatic rings. The van der Waals surface area contributed by atoms with Gasteiger partial charge in [-0.3, -0.25) is 0 Å². The summed E-state index contributed by atoms with van der Waals surface area (Å²) in [5.74, 6) is 2.58. The van der Waals surface area contributed by atoms with Gasteiger partial charge in [-0.2, -0.15) is 0 Å². The maximum absolute atomic E-state index is 5.73. The molecule has 1 atom stereocenters. The van der Waals surface area contributed by atoms with Crippen LogP contribution in [0, 0.1) is 0 Å². The number of benzene rings is 1. The monoisotopic (exact) mass is 291 g/mol. The molecule has 1 aliphatic rings. The van der Waals surface area contributed by atoms with Crippen molar-refractivity contribution in [3.63, 3.8) is 0 Å². The Morgan fingerprint density at radius 1 is 1.14 bits per heavy atom. The minimum absolute atomic E-state index is 0.0763. The number of likely N-dealkylation sites (N-methyl/N-ethyl adjacent to an activating group) is 1. The van der Waals surface area contributed by atoms with E-state index in [0.717, 1.165) is 42.4 Å². The third-order valence-corrected chi connectivity index (χ3v) is 3.33. The summed E-state index contributed by atoms with van der Waals surface area (Å²) in [5.41, 5.74) is 1.14. The van der Waals surface area contributed by atoms with Gasteiger partial charge in [0.25, 0.3) is 0 Å². The van der Waals surface area contributed by atoms with Gasteiger partial charge in [0.15, 0.2) is 11.5 Å². The summed E-state index contributed by atoms with van der Waals surface area (Å²) in [6, 6.07) is 6.17. The highest BCUT2D eigenvalue weighted by Crippen LogP contribution is 2.34. The summed E-state index contributed by atoms with van der Waals surface area (Å²) in [6.45, 7) is 8.95. The lowest BCUT2D eigenvalue weighted by Gasteiger charge is -2.21. The number of hydrogen-bond acceptors (Lipinski definition) is 4. The Bertz CT molecular complexity index is 485. The molecule has 21 heavy (non-hydrogen) atoms. The zero-order chi connectivity index (χ0) is 15.1. The van der Waals surface area contributed by atoms with Crippen LogP contribution in [-0.2, 0) is 4.74 Å². The molecular formula is C17H25NO3. The van der Waals surface area contributed by atoms with Crippen LogP contribution in [0.25, 0.3) is 0 Å². The van der Waals surface area contributed by atoms with Gasteiger partial charge in [-0.15, -0.1) is 0 Å². The molecule has 0 aromatic heterocycles. The molecule has 1 aromatic carbocycles. The fraction of sp³-hybridized carbons (Fsp3) is 0.529. The Labute approximate surface area is 127 Å². The van der Waals surface area contributed by atoms with Crippen LogP contribution in [0.15, 0.2) is 30.0 Å². The quantitative estimate of drug-likeness (QED) is 0.796. The second-order valence-corrected chi connectivity index (χ2v) is 4.81. The molecule has 0 amide bonds. The molecular weight excluding hydrogens is 266 g/mol. The van der Waals surface area contributed by atoms with Gasteiger partial charge in [0.05, 0.1) is 25.9 Å². The highest BCUT2D eigenvalue weighted by Gasteiger charge is 2.21. The molecule has 0 fully saturated rings. The van der Waals surface area contributed by atoms with Crippen molar-refractivity contribution in [2.75, 3.05) is 26.4 Å². The third-order valence-electron chi connectivity index (χ3n) is 3.33. The van der Waals surface area contributed by atoms with Crippen LogP contribution in [0.5, 0.6) is 11.5 Å². The van der Waals surface area contributed by atoms with Crippen molar-refractivity contribution in [2.24, 2.45) is 0 Å². The van der Waals surface area contributed by atoms with Crippen molar-refractivity contribution in [3.8, 4) is 11.5 Å². The van der Waals surface area contributed by atoms with Gasteiger partial charge in [-0.25, -0.2) is 0 Å². The lowest BCUT2D eigenvalue weighted by molar-refractivity contribution is 0.215. The maximum atomic E-state index is 5.73. The van der Waals surface area contributed by atoms with E-state index >= 15 is 0 Å². The van der Waals surface area contributed by atoms with Crippen LogP contribution in [0.4, 0.5) is 0 Å². The molecule has 116 valence electrons. The minimum Gasteiger partial charge on any atom is -0.496 e. The van der Waals surface area contributed by atoms with E-state index in [1.165, 1.54) is 0 Å². The van der Waals surface area contributed by atoms with Crippen molar-refractivity contribution < 1.29 is 14.2 Å². The van der Waals surface area contributed by atoms with Gasteiger partial charge in [-0.05, 0) is 44.2 Å². The summed E-state index contributed by atoms with van der Waals surface area (Å²) < 4.78 is 17.1. The second kappa shape index (κ2) is 7.93. The summed E-state index contributed by atoms with van der Waals surface area (Å²) in [6.07, 6.45) is 3.14. The van der Waals surface area contributed by atoms with E-state index in [9.17, 15) is 0 Å². The van der Waals surface area contributed by atoms with E-state index < -0.39 is 0 Å². The highest BCUT2D eigenvalue weighted by atomic mass is 16.5. The van der Waals surface area contributed by atoms with Crippen molar-refractivity contribution in [2.45, 2.75) is 33.2 Å². The smallest absolute Gasteiger partial charge is 0.161 e. The normalized spacial score (nSPS) is 15.3. The summed E-state index contributed by atoms with van der Waals surface area (Å²) in [7, 11) is 0. The molecule has 1 N–H and O–H groups in total. The zero-order valence-corrected chi connectivity index (χ0v) is 13.1. The molecule has 0 aliphatic carbocycles. The Balaban J connectivity index is 2.29. The average Bonchev–Trinajstić information content (AvgIpc) is 3.01. The first kappa shape index (κ1) is 15.7. The van der Waals surface area contributed by atoms with Crippen LogP contribution >= 0.6 is 0 Å². The Morgan fingerprint density at radius 2 is 1.90 bits per heavy atom. The summed E-state index contributed by atoms with van der Waals surface area (Å²) in [4.78, 5) is 0. The van der Waals surface area contributed by atoms with Gasteiger partial charge < -0.3 is 19.5 Å². The highest BCUT2D eigenvalue weighted by molar-refractivity contribution is 5.45. The Hall–Kier alpha value is -1.68. The van der Waals surface area contributed by atoms with Gasteiger partial charge >= 0.3 is 0 Å². The Morgan fingerprint density at radius 3 is 2.52 bits per heavy atom. The standard InChI is InChI=1S/C17H25NO3/c1-4-18-17(15-8-7-11-21-15)13-9-10-14(19-5-2)16(12-13)20-6-3/h8-10,12,17-18H,4-7,11H2,1-3H3. The number of rotatable bonds is 8. The molecule has 1 aliphatic heterocycles. The lowest BCUT2D eigenvalue weighted by Crippen LogP contribution is -2.23. The van der Waals surface area contributed by atoms with Crippen LogP contribution in [-0.4, -0.2) is 26.4 Å². The molecule has 1 unspecified atom stereocenters. The van der Waals surface area contributed by atoms with E-state index in [1.807, 2.05) is 26.0 Å². The van der Waals surface area contributed by atoms with Gasteiger partial charge in [-0.1, -0.05) is 13.0 Å². The summed E-state index contributed by atoms with van der Waals surface area (Å²) in [5, 5.41) is 3.47. The van der Waals surface area contributed by atoms with Crippen LogP contribution in [0.1, 0.15) is 38.8 Å². The zero-order valence-electron chi connectivity index (χ0n) is 13.1. The molecule has 0 bridgehead atoms. The lowest BCUT2D eigenvalue weighted by atomic mass is 10.0. The molecule has 0 radical (unpaired) electrons. The van der Waals surface area contributed by atoms with Crippen LogP contribution in [0.2, 0.25) is 0 Å². The topological polar surface area (TPSA) is 39.7 Å². The first-order valence-electron chi connectivity index (χ1n) is 7.75. The number of nitrogens with one attached hydrogen (secondary N) is 1. The average molecular weight is 291 g/mol. The van der Waals surface area contributed by atoms with E-state index in [0.29, 0.717) is 13.2 Å². The molecule has 0 spiro atoms. The van der Waals surface area contributed by atoms with Crippen molar-refractivity contribution >= 4 is 0 Å². The molecule has 2 rings (SSSR count). The summed E-state index contributed by atoms with van der Waals surface area (Å²) >= 11 is 0. The van der Waals surface area contributed by atoms with Gasteiger partial charge in [0.1, 0.15) is 5.76 Å². The SMILES string of the molecule is CCNC(C1=CCCO1)c1ccc(OCC)c(OCC)c1. The van der Waals surface area contributed by atoms with E-state index in [-0.39, 0.29) is 6.04 Å². The maximum Gasteiger partial charge on any atom is 0.161 e. The molecule has 1 heterocycles. The predicted octanol–water partition coefficient (Wildman–Crippen LogP) is 3.44. The molecule has 4 nitrogen and oxygen atoms in total. The van der Waals surface area contributed by atoms with E-state index in [2.05, 4.69) is 24.4 Å². The molecule has 0 saturated heterocycles. The van der Waals surface area contributed by atoms with E-state index in [4.69, 9.17) is 14.2 Å². The van der Waals surface area contributed by atoms with E-state index in [1.54, 1.807) is 0 Å². The first-order valence-corrected chi connectivity index (χ1v) is 7.75. The Kier molecular flexibility index (Phi) is 5.93. The number of hydrogen-bond donors (Lipinski definition) is 1. The molecule has 4 heteroatoms. The molecule has 0 saturated carbocycles. The van der Waals surface area contributed by atoms with Gasteiger partial charge in [0, 0.05) is 6.42 Å². The van der Waals surface area contributed by atoms with Crippen molar-refractivity contribution in [1.82, 2.24) is 5.32 Å². The van der Waals surface area contributed by atoms with Crippen molar-refractivity contribution in [3.05, 3.63) is 35.6 Å². The number of ether oxygens (including phenoxy) is 3.